The van der Waals surface area contributed by atoms with Crippen molar-refractivity contribution in [2.75, 3.05) is 13.2 Å². The number of aliphatic hydroxyl groups is 1. The summed E-state index contributed by atoms with van der Waals surface area (Å²) in [5, 5.41) is 12.4. The Labute approximate surface area is 174 Å². The molecule has 1 aliphatic rings. The van der Waals surface area contributed by atoms with Crippen molar-refractivity contribution in [1.82, 2.24) is 4.72 Å². The van der Waals surface area contributed by atoms with E-state index >= 15 is 0 Å². The van der Waals surface area contributed by atoms with Gasteiger partial charge in [-0.1, -0.05) is 81.4 Å². The smallest absolute Gasteiger partial charge is 0.336 e. The summed E-state index contributed by atoms with van der Waals surface area (Å²) in [6.07, 6.45) is -1.02. The average molecular weight is 436 g/mol. The lowest BCUT2D eigenvalue weighted by atomic mass is 9.98. The highest BCUT2D eigenvalue weighted by atomic mass is 32.2. The van der Waals surface area contributed by atoms with Gasteiger partial charge in [-0.3, -0.25) is 4.18 Å². The summed E-state index contributed by atoms with van der Waals surface area (Å²) >= 11 is 0. The maximum Gasteiger partial charge on any atom is 0.336 e. The van der Waals surface area contributed by atoms with Gasteiger partial charge in [0.05, 0.1) is 24.9 Å². The van der Waals surface area contributed by atoms with Crippen molar-refractivity contribution in [2.45, 2.75) is 44.4 Å². The summed E-state index contributed by atoms with van der Waals surface area (Å²) in [6.45, 7) is 7.81. The van der Waals surface area contributed by atoms with Crippen LogP contribution in [0.2, 0.25) is 5.04 Å². The summed E-state index contributed by atoms with van der Waals surface area (Å²) in [5.74, 6) is 0. The Morgan fingerprint density at radius 2 is 1.59 bits per heavy atom. The monoisotopic (exact) mass is 435 g/mol. The van der Waals surface area contributed by atoms with Gasteiger partial charge in [0.1, 0.15) is 0 Å². The van der Waals surface area contributed by atoms with E-state index in [1.54, 1.807) is 6.92 Å². The highest BCUT2D eigenvalue weighted by Crippen LogP contribution is 2.37. The van der Waals surface area contributed by atoms with Crippen LogP contribution in [0, 0.1) is 0 Å². The van der Waals surface area contributed by atoms with Crippen molar-refractivity contribution in [3.05, 3.63) is 60.7 Å². The Balaban J connectivity index is 2.09. The van der Waals surface area contributed by atoms with E-state index in [-0.39, 0.29) is 18.3 Å². The zero-order valence-corrected chi connectivity index (χ0v) is 19.1. The quantitative estimate of drug-likeness (QED) is 0.696. The number of hydrogen-bond donors (Lipinski definition) is 2. The van der Waals surface area contributed by atoms with Crippen molar-refractivity contribution >= 4 is 29.0 Å². The molecule has 0 radical (unpaired) electrons. The maximum absolute atomic E-state index is 12.0. The third-order valence-electron chi connectivity index (χ3n) is 5.48. The van der Waals surface area contributed by atoms with Crippen molar-refractivity contribution in [2.24, 2.45) is 0 Å². The molecule has 1 fully saturated rings. The normalized spacial score (nSPS) is 24.9. The van der Waals surface area contributed by atoms with Gasteiger partial charge < -0.3 is 9.53 Å². The third-order valence-corrected chi connectivity index (χ3v) is 11.6. The molecule has 1 saturated heterocycles. The third kappa shape index (κ3) is 4.33. The number of nitrogens with one attached hydrogen (secondary N) is 1. The first-order chi connectivity index (χ1) is 13.5. The second-order valence-corrected chi connectivity index (χ2v) is 14.4. The van der Waals surface area contributed by atoms with Crippen LogP contribution in [-0.2, 0) is 18.9 Å². The first-order valence-corrected chi connectivity index (χ1v) is 12.9. The first-order valence-electron chi connectivity index (χ1n) is 9.62. The van der Waals surface area contributed by atoms with E-state index in [9.17, 15) is 13.5 Å². The summed E-state index contributed by atoms with van der Waals surface area (Å²) in [5.41, 5.74) is -1.19. The molecule has 1 aliphatic heterocycles. The fourth-order valence-electron chi connectivity index (χ4n) is 3.87. The molecule has 1 heterocycles. The Morgan fingerprint density at radius 3 is 2.03 bits per heavy atom. The lowest BCUT2D eigenvalue weighted by Gasteiger charge is -2.46. The van der Waals surface area contributed by atoms with Crippen LogP contribution in [0.3, 0.4) is 0 Å². The Morgan fingerprint density at radius 1 is 1.10 bits per heavy atom. The zero-order chi connectivity index (χ0) is 21.3. The average Bonchev–Trinajstić information content (AvgIpc) is 2.66. The van der Waals surface area contributed by atoms with Crippen LogP contribution >= 0.6 is 0 Å². The molecule has 0 saturated carbocycles. The largest absolute Gasteiger partial charge is 0.405 e. The molecular weight excluding hydrogens is 406 g/mol. The Kier molecular flexibility index (Phi) is 6.06. The topological polar surface area (TPSA) is 84.9 Å². The van der Waals surface area contributed by atoms with Crippen LogP contribution in [-0.4, -0.2) is 46.7 Å². The Bertz CT molecular complexity index is 891. The standard InChI is InChI=1S/C21H29NO5SSi/c1-20(2,3)29(17-11-7-5-8-12-17,18-13-9-6-10-14-18)27-16-21(4)19(23)15-26-28(24,25)22-21/h5-14,19,22-23H,15-16H2,1-4H3/t19-,21+/m0/s1. The SMILES string of the molecule is CC(C)(C)[Si](OC[C@@]1(C)NS(=O)(=O)OC[C@@H]1O)(c1ccccc1)c1ccccc1. The molecule has 6 nitrogen and oxygen atoms in total. The fraction of sp³-hybridized carbons (Fsp3) is 0.429. The molecular formula is C21H29NO5SSi. The van der Waals surface area contributed by atoms with Gasteiger partial charge >= 0.3 is 10.3 Å². The predicted octanol–water partition coefficient (Wildman–Crippen LogP) is 1.55. The predicted molar refractivity (Wildman–Crippen MR) is 116 cm³/mol. The van der Waals surface area contributed by atoms with Gasteiger partial charge in [-0.05, 0) is 22.3 Å². The second-order valence-electron chi connectivity index (χ2n) is 8.73. The summed E-state index contributed by atoms with van der Waals surface area (Å²) < 4.78 is 37.9. The molecule has 8 heteroatoms. The fourth-order valence-corrected chi connectivity index (χ4v) is 9.67. The lowest BCUT2D eigenvalue weighted by Crippen LogP contribution is -2.70. The van der Waals surface area contributed by atoms with Gasteiger partial charge in [-0.15, -0.1) is 0 Å². The van der Waals surface area contributed by atoms with Gasteiger partial charge in [0.25, 0.3) is 8.32 Å². The van der Waals surface area contributed by atoms with Crippen molar-refractivity contribution < 1.29 is 22.1 Å². The molecule has 2 atom stereocenters. The van der Waals surface area contributed by atoms with Crippen LogP contribution in [0.4, 0.5) is 0 Å². The Hall–Kier alpha value is -1.55. The highest BCUT2D eigenvalue weighted by molar-refractivity contribution is 7.84. The van der Waals surface area contributed by atoms with Crippen LogP contribution in [0.5, 0.6) is 0 Å². The minimum atomic E-state index is -3.93. The molecule has 158 valence electrons. The van der Waals surface area contributed by atoms with E-state index in [0.29, 0.717) is 0 Å². The first kappa shape index (κ1) is 22.1. The summed E-state index contributed by atoms with van der Waals surface area (Å²) in [7, 11) is -6.77. The van der Waals surface area contributed by atoms with Gasteiger partial charge in [0.15, 0.2) is 0 Å². The highest BCUT2D eigenvalue weighted by Gasteiger charge is 2.52. The van der Waals surface area contributed by atoms with Crippen molar-refractivity contribution in [3.8, 4) is 0 Å². The minimum absolute atomic E-state index is 0.0179. The number of rotatable bonds is 5. The van der Waals surface area contributed by atoms with Gasteiger partial charge in [0, 0.05) is 0 Å². The maximum atomic E-state index is 12.0. The van der Waals surface area contributed by atoms with Gasteiger partial charge in [0.2, 0.25) is 0 Å². The molecule has 0 bridgehead atoms. The van der Waals surface area contributed by atoms with Crippen molar-refractivity contribution in [1.29, 1.82) is 0 Å². The minimum Gasteiger partial charge on any atom is -0.405 e. The lowest BCUT2D eigenvalue weighted by molar-refractivity contribution is -0.00267. The number of aliphatic hydroxyl groups excluding tert-OH is 1. The molecule has 0 amide bonds. The van der Waals surface area contributed by atoms with Gasteiger partial charge in [-0.25, -0.2) is 0 Å². The van der Waals surface area contributed by atoms with E-state index in [1.807, 2.05) is 36.4 Å². The van der Waals surface area contributed by atoms with E-state index in [1.165, 1.54) is 0 Å². The van der Waals surface area contributed by atoms with Crippen molar-refractivity contribution in [3.63, 3.8) is 0 Å². The number of hydrogen-bond acceptors (Lipinski definition) is 5. The molecule has 0 unspecified atom stereocenters. The molecule has 0 aromatic heterocycles. The van der Waals surface area contributed by atoms with E-state index < -0.39 is 30.3 Å². The molecule has 2 N–H and O–H groups in total. The van der Waals surface area contributed by atoms with E-state index in [0.717, 1.165) is 10.4 Å². The molecule has 2 aromatic rings. The summed E-state index contributed by atoms with van der Waals surface area (Å²) in [6, 6.07) is 20.2. The zero-order valence-electron chi connectivity index (χ0n) is 17.3. The second kappa shape index (κ2) is 7.94. The molecule has 3 rings (SSSR count). The van der Waals surface area contributed by atoms with E-state index in [2.05, 4.69) is 49.8 Å². The van der Waals surface area contributed by atoms with Crippen LogP contribution in [0.15, 0.2) is 60.7 Å². The van der Waals surface area contributed by atoms with Crippen LogP contribution in [0.1, 0.15) is 27.7 Å². The molecule has 0 spiro atoms. The number of benzene rings is 2. The molecule has 0 aliphatic carbocycles. The molecule has 29 heavy (non-hydrogen) atoms. The molecule has 2 aromatic carbocycles. The summed E-state index contributed by atoms with van der Waals surface area (Å²) in [4.78, 5) is 0. The van der Waals surface area contributed by atoms with Crippen LogP contribution < -0.4 is 15.1 Å². The van der Waals surface area contributed by atoms with Crippen LogP contribution in [0.25, 0.3) is 0 Å². The van der Waals surface area contributed by atoms with E-state index in [4.69, 9.17) is 8.61 Å². The van der Waals surface area contributed by atoms with Gasteiger partial charge in [-0.2, -0.15) is 13.1 Å².